The number of nitrogens with one attached hydrogen (secondary N) is 1. The average Bonchev–Trinajstić information content (AvgIpc) is 2.54. The quantitative estimate of drug-likeness (QED) is 0.378. The number of rotatable bonds is 5. The number of ether oxygens (including phenoxy) is 1. The maximum absolute atomic E-state index is 12.1. The monoisotopic (exact) mass is 478 g/mol. The molecule has 0 aliphatic heterocycles. The van der Waals surface area contributed by atoms with Crippen molar-refractivity contribution in [1.29, 1.82) is 0 Å². The zero-order chi connectivity index (χ0) is 17.7. The summed E-state index contributed by atoms with van der Waals surface area (Å²) < 4.78 is 6.17. The normalized spacial score (nSPS) is 10.8. The molecule has 5 nitrogen and oxygen atoms in total. The molecule has 2 rings (SSSR count). The second-order valence-corrected chi connectivity index (χ2v) is 6.67. The van der Waals surface area contributed by atoms with Gasteiger partial charge in [-0.2, -0.15) is 5.10 Å². The van der Waals surface area contributed by atoms with Crippen LogP contribution in [0.1, 0.15) is 22.8 Å². The summed E-state index contributed by atoms with van der Waals surface area (Å²) in [6, 6.07) is 8.19. The van der Waals surface area contributed by atoms with Crippen LogP contribution in [0.15, 0.2) is 35.4 Å². The molecule has 126 valence electrons. The summed E-state index contributed by atoms with van der Waals surface area (Å²) in [6.45, 7) is 2.17. The van der Waals surface area contributed by atoms with Gasteiger partial charge in [0.1, 0.15) is 0 Å². The minimum absolute atomic E-state index is 0.134. The lowest BCUT2D eigenvalue weighted by Crippen LogP contribution is -2.18. The number of hydrazone groups is 1. The highest BCUT2D eigenvalue weighted by molar-refractivity contribution is 14.1. The Labute approximate surface area is 162 Å². The third-order valence-corrected chi connectivity index (χ3v) is 4.19. The number of phenolic OH excluding ortho intramolecular Hbond substituents is 1. The number of amides is 1. The van der Waals surface area contributed by atoms with Crippen LogP contribution in [0.25, 0.3) is 0 Å². The molecule has 0 spiro atoms. The second kappa shape index (κ2) is 8.55. The first-order valence-electron chi connectivity index (χ1n) is 6.86. The molecule has 0 radical (unpaired) electrons. The van der Waals surface area contributed by atoms with Crippen LogP contribution in [0, 0.1) is 3.57 Å². The van der Waals surface area contributed by atoms with Gasteiger partial charge in [0.25, 0.3) is 5.91 Å². The van der Waals surface area contributed by atoms with E-state index in [-0.39, 0.29) is 16.5 Å². The van der Waals surface area contributed by atoms with Crippen molar-refractivity contribution in [1.82, 2.24) is 5.43 Å². The van der Waals surface area contributed by atoms with Crippen molar-refractivity contribution in [2.75, 3.05) is 6.61 Å². The smallest absolute Gasteiger partial charge is 0.272 e. The van der Waals surface area contributed by atoms with Gasteiger partial charge in [0.2, 0.25) is 0 Å². The molecule has 2 N–H and O–H groups in total. The lowest BCUT2D eigenvalue weighted by Gasteiger charge is -2.08. The SMILES string of the molecule is CCOc1cc(C=NNC(=O)c2cc(I)ccc2Cl)cc(Cl)c1O. The molecule has 1 amide bonds. The van der Waals surface area contributed by atoms with Crippen LogP contribution in [-0.2, 0) is 0 Å². The van der Waals surface area contributed by atoms with E-state index in [1.54, 1.807) is 31.2 Å². The predicted octanol–water partition coefficient (Wildman–Crippen LogP) is 4.47. The van der Waals surface area contributed by atoms with Crippen LogP contribution in [0.3, 0.4) is 0 Å². The minimum atomic E-state index is -0.426. The van der Waals surface area contributed by atoms with Gasteiger partial charge in [-0.05, 0) is 65.4 Å². The van der Waals surface area contributed by atoms with E-state index in [4.69, 9.17) is 27.9 Å². The molecule has 0 atom stereocenters. The molecule has 0 saturated heterocycles. The highest BCUT2D eigenvalue weighted by Crippen LogP contribution is 2.34. The molecule has 8 heteroatoms. The summed E-state index contributed by atoms with van der Waals surface area (Å²) in [6.07, 6.45) is 1.40. The van der Waals surface area contributed by atoms with Crippen molar-refractivity contribution in [2.24, 2.45) is 5.10 Å². The van der Waals surface area contributed by atoms with Crippen molar-refractivity contribution in [3.05, 3.63) is 55.1 Å². The summed E-state index contributed by atoms with van der Waals surface area (Å²) in [7, 11) is 0. The molecule has 2 aromatic rings. The number of hydrogen-bond acceptors (Lipinski definition) is 4. The molecular formula is C16H13Cl2IN2O3. The van der Waals surface area contributed by atoms with Crippen LogP contribution >= 0.6 is 45.8 Å². The second-order valence-electron chi connectivity index (χ2n) is 4.61. The molecular weight excluding hydrogens is 466 g/mol. The number of benzene rings is 2. The molecule has 0 aromatic heterocycles. The van der Waals surface area contributed by atoms with Crippen molar-refractivity contribution in [3.63, 3.8) is 0 Å². The standard InChI is InChI=1S/C16H13Cl2IN2O3/c1-2-24-14-6-9(5-13(18)15(14)22)8-20-21-16(23)11-7-10(19)3-4-12(11)17/h3-8,22H,2H2,1H3,(H,21,23). The first kappa shape index (κ1) is 18.8. The van der Waals surface area contributed by atoms with Gasteiger partial charge in [0.05, 0.1) is 28.4 Å². The zero-order valence-corrected chi connectivity index (χ0v) is 16.2. The van der Waals surface area contributed by atoms with Gasteiger partial charge in [-0.15, -0.1) is 0 Å². The van der Waals surface area contributed by atoms with Gasteiger partial charge in [-0.1, -0.05) is 23.2 Å². The van der Waals surface area contributed by atoms with E-state index in [0.29, 0.717) is 22.8 Å². The minimum Gasteiger partial charge on any atom is -0.503 e. The van der Waals surface area contributed by atoms with Crippen LogP contribution in [0.4, 0.5) is 0 Å². The number of carbonyl (C=O) groups excluding carboxylic acids is 1. The van der Waals surface area contributed by atoms with E-state index >= 15 is 0 Å². The fourth-order valence-corrected chi connectivity index (χ4v) is 2.74. The van der Waals surface area contributed by atoms with Gasteiger partial charge >= 0.3 is 0 Å². The Bertz CT molecular complexity index is 797. The number of halogens is 3. The molecule has 2 aromatic carbocycles. The number of nitrogens with zero attached hydrogens (tertiary/aromatic N) is 1. The summed E-state index contributed by atoms with van der Waals surface area (Å²) in [5.41, 5.74) is 3.30. The van der Waals surface area contributed by atoms with E-state index in [9.17, 15) is 9.90 Å². The number of carbonyl (C=O) groups is 1. The van der Waals surface area contributed by atoms with Crippen molar-refractivity contribution < 1.29 is 14.6 Å². The summed E-state index contributed by atoms with van der Waals surface area (Å²) in [5, 5.41) is 14.1. The highest BCUT2D eigenvalue weighted by atomic mass is 127. The Morgan fingerprint density at radius 1 is 1.33 bits per heavy atom. The van der Waals surface area contributed by atoms with E-state index in [1.165, 1.54) is 12.3 Å². The number of aromatic hydroxyl groups is 1. The Kier molecular flexibility index (Phi) is 6.70. The van der Waals surface area contributed by atoms with E-state index in [0.717, 1.165) is 3.57 Å². The first-order chi connectivity index (χ1) is 11.4. The molecule has 0 heterocycles. The molecule has 0 bridgehead atoms. The van der Waals surface area contributed by atoms with Gasteiger partial charge in [0, 0.05) is 3.57 Å². The molecule has 0 aliphatic rings. The van der Waals surface area contributed by atoms with Gasteiger partial charge < -0.3 is 9.84 Å². The highest BCUT2D eigenvalue weighted by Gasteiger charge is 2.11. The molecule has 0 fully saturated rings. The van der Waals surface area contributed by atoms with E-state index in [2.05, 4.69) is 33.1 Å². The summed E-state index contributed by atoms with van der Waals surface area (Å²) in [4.78, 5) is 12.1. The van der Waals surface area contributed by atoms with E-state index < -0.39 is 5.91 Å². The lowest BCUT2D eigenvalue weighted by atomic mass is 10.2. The molecule has 0 aliphatic carbocycles. The summed E-state index contributed by atoms with van der Waals surface area (Å²) >= 11 is 14.0. The fraction of sp³-hybridized carbons (Fsp3) is 0.125. The van der Waals surface area contributed by atoms with Crippen molar-refractivity contribution in [2.45, 2.75) is 6.92 Å². The van der Waals surface area contributed by atoms with Gasteiger partial charge in [-0.3, -0.25) is 4.79 Å². The van der Waals surface area contributed by atoms with Crippen LogP contribution in [0.5, 0.6) is 11.5 Å². The van der Waals surface area contributed by atoms with Crippen LogP contribution in [-0.4, -0.2) is 23.8 Å². The average molecular weight is 479 g/mol. The predicted molar refractivity (Wildman–Crippen MR) is 104 cm³/mol. The maximum atomic E-state index is 12.1. The number of phenols is 1. The Balaban J connectivity index is 2.14. The Morgan fingerprint density at radius 3 is 2.79 bits per heavy atom. The van der Waals surface area contributed by atoms with Crippen molar-refractivity contribution >= 4 is 57.9 Å². The lowest BCUT2D eigenvalue weighted by molar-refractivity contribution is 0.0955. The third-order valence-electron chi connectivity index (χ3n) is 2.90. The molecule has 24 heavy (non-hydrogen) atoms. The Hall–Kier alpha value is -1.51. The topological polar surface area (TPSA) is 70.9 Å². The van der Waals surface area contributed by atoms with Crippen LogP contribution in [0.2, 0.25) is 10.0 Å². The maximum Gasteiger partial charge on any atom is 0.272 e. The van der Waals surface area contributed by atoms with E-state index in [1.807, 2.05) is 0 Å². The molecule has 0 saturated carbocycles. The summed E-state index contributed by atoms with van der Waals surface area (Å²) in [5.74, 6) is -0.312. The zero-order valence-electron chi connectivity index (χ0n) is 12.5. The number of hydrogen-bond donors (Lipinski definition) is 2. The fourth-order valence-electron chi connectivity index (χ4n) is 1.83. The van der Waals surface area contributed by atoms with Crippen molar-refractivity contribution in [3.8, 4) is 11.5 Å². The van der Waals surface area contributed by atoms with Gasteiger partial charge in [-0.25, -0.2) is 5.43 Å². The van der Waals surface area contributed by atoms with Crippen LogP contribution < -0.4 is 10.2 Å². The largest absolute Gasteiger partial charge is 0.503 e. The first-order valence-corrected chi connectivity index (χ1v) is 8.69. The van der Waals surface area contributed by atoms with Gasteiger partial charge in [0.15, 0.2) is 11.5 Å². The molecule has 0 unspecified atom stereocenters. The Morgan fingerprint density at radius 2 is 2.08 bits per heavy atom. The third kappa shape index (κ3) is 4.75.